The molecule has 0 N–H and O–H groups in total. The van der Waals surface area contributed by atoms with E-state index in [0.717, 1.165) is 0 Å². The Morgan fingerprint density at radius 2 is 0.279 bits per heavy atom. The van der Waals surface area contributed by atoms with Crippen LogP contribution in [0.15, 0.2) is 160 Å². The Kier molecular flexibility index (Phi) is 11.5. The standard InChI is InChI=1S/C26H39O21Si14/c1-14-49-27-48-28-50(15-2)32-52(17-4,30-49)36-56(21-8)38-54(19-6,34-50)40-58(23-10)44-59(24-11)41-55(20-7)35-51(16-3,29-48)33-53(18-5,31-49)37-57(22-9,39-55)43-61(26-13,46-59)47-60(25-12,42-56)45-58/h14-26H,1-13H2. The third-order valence-corrected chi connectivity index (χ3v) is 61.9. The maximum absolute atomic E-state index is 7.00. The molecule has 7 heterocycles. The van der Waals surface area contributed by atoms with E-state index in [4.69, 9.17) is 86.4 Å². The van der Waals surface area contributed by atoms with Crippen molar-refractivity contribution in [3.8, 4) is 0 Å². The quantitative estimate of drug-likeness (QED) is 0.243. The molecule has 12 atom stereocenters. The molecule has 14 bridgehead atoms. The molecule has 35 heteroatoms. The fourth-order valence-corrected chi connectivity index (χ4v) is 73.5. The van der Waals surface area contributed by atoms with Gasteiger partial charge in [-0.1, -0.05) is 0 Å². The molecule has 0 amide bonds. The van der Waals surface area contributed by atoms with Crippen LogP contribution in [-0.2, 0) is 86.4 Å². The lowest BCUT2D eigenvalue weighted by Gasteiger charge is -2.59. The van der Waals surface area contributed by atoms with E-state index in [1.54, 1.807) is 0 Å². The molecule has 7 saturated heterocycles. The van der Waals surface area contributed by atoms with Gasteiger partial charge in [-0.15, -0.1) is 85.5 Å². The number of hydrogen-bond donors (Lipinski definition) is 0. The molecule has 7 aliphatic rings. The largest absolute Gasteiger partial charge is 0.554 e. The molecule has 0 spiro atoms. The molecule has 7 aliphatic heterocycles. The highest BCUT2D eigenvalue weighted by Crippen LogP contribution is 2.50. The zero-order valence-corrected chi connectivity index (χ0v) is 46.3. The zero-order valence-electron chi connectivity index (χ0n) is 32.3. The monoisotopic (exact) mass is 1080 g/mol. The molecule has 61 heavy (non-hydrogen) atoms. The Bertz CT molecular complexity index is 1880. The van der Waals surface area contributed by atoms with E-state index >= 15 is 0 Å². The fraction of sp³-hybridized carbons (Fsp3) is 0. The summed E-state index contributed by atoms with van der Waals surface area (Å²) in [5.74, 6) is 0. The van der Waals surface area contributed by atoms with E-state index in [-0.39, 0.29) is 0 Å². The third kappa shape index (κ3) is 7.34. The lowest BCUT2D eigenvalue weighted by atomic mass is 11.3. The van der Waals surface area contributed by atoms with Crippen molar-refractivity contribution in [3.63, 3.8) is 0 Å². The topological polar surface area (TPSA) is 194 Å². The van der Waals surface area contributed by atoms with Crippen LogP contribution in [0.25, 0.3) is 0 Å². The molecule has 21 nitrogen and oxygen atoms in total. The number of fused-ring (bicyclic) bond motifs is 14. The van der Waals surface area contributed by atoms with Gasteiger partial charge in [0.1, 0.15) is 0 Å². The van der Waals surface area contributed by atoms with Gasteiger partial charge in [0.25, 0.3) is 0 Å². The summed E-state index contributed by atoms with van der Waals surface area (Å²) in [7, 11) is -65.8. The van der Waals surface area contributed by atoms with E-state index in [1.807, 2.05) is 0 Å². The SMILES string of the molecule is C=C[Si]12O[Si]3O[Si]4(C=C)O[Si](C=C)(O1)O[Si]1(C=C)O[Si](C=C)(O4)O[Si]4(C=C)O[Si]5(C=C)O[Si]6(C=C)O[Si](C=C)(O3)O[Si](C=C)(O2)O[Si](C=C)(O6)O[Si](C=C)(O5)O[Si](C=C)(O1)O4. The first kappa shape index (κ1) is 46.4. The fourth-order valence-electron chi connectivity index (χ4n) is 6.42. The van der Waals surface area contributed by atoms with Crippen LogP contribution >= 0.6 is 0 Å². The number of rotatable bonds is 13. The zero-order chi connectivity index (χ0) is 44.1. The van der Waals surface area contributed by atoms with Crippen LogP contribution in [0.5, 0.6) is 0 Å². The molecule has 0 aromatic carbocycles. The summed E-state index contributed by atoms with van der Waals surface area (Å²) < 4.78 is 146. The Hall–Kier alpha value is -1.18. The number of hydrogen-bond acceptors (Lipinski definition) is 21. The third-order valence-electron chi connectivity index (χ3n) is 9.05. The van der Waals surface area contributed by atoms with Gasteiger partial charge in [0.15, 0.2) is 0 Å². The van der Waals surface area contributed by atoms with Crippen molar-refractivity contribution in [1.82, 2.24) is 0 Å². The molecule has 0 aromatic rings. The van der Waals surface area contributed by atoms with Crippen LogP contribution < -0.4 is 0 Å². The highest BCUT2D eigenvalue weighted by atomic mass is 28.6. The summed E-state index contributed by atoms with van der Waals surface area (Å²) in [5.41, 5.74) is 16.0. The van der Waals surface area contributed by atoms with Gasteiger partial charge in [-0.3, -0.25) is 0 Å². The summed E-state index contributed by atoms with van der Waals surface area (Å²) in [6.07, 6.45) is 0. The predicted octanol–water partition coefficient (Wildman–Crippen LogP) is 2.06. The molecule has 1 radical (unpaired) electrons. The smallest absolute Gasteiger partial charge is 0.368 e. The molecule has 325 valence electrons. The van der Waals surface area contributed by atoms with E-state index in [0.29, 0.717) is 0 Å². The van der Waals surface area contributed by atoms with Crippen molar-refractivity contribution < 1.29 is 86.4 Å². The Morgan fingerprint density at radius 1 is 0.180 bits per heavy atom. The summed E-state index contributed by atoms with van der Waals surface area (Å²) in [4.78, 5) is 0. The first-order valence-corrected chi connectivity index (χ1v) is 42.3. The van der Waals surface area contributed by atoms with Gasteiger partial charge in [0, 0.05) is 0 Å². The lowest BCUT2D eigenvalue weighted by molar-refractivity contribution is 0.000859. The maximum Gasteiger partial charge on any atom is 0.554 e. The minimum atomic E-state index is -4.84. The van der Waals surface area contributed by atoms with Crippen molar-refractivity contribution in [2.45, 2.75) is 0 Å². The van der Waals surface area contributed by atoms with Gasteiger partial charge >= 0.3 is 124 Å². The molecule has 0 aromatic heterocycles. The molecule has 7 fully saturated rings. The predicted molar refractivity (Wildman–Crippen MR) is 236 cm³/mol. The highest BCUT2D eigenvalue weighted by Gasteiger charge is 2.82. The molecular formula is C26H39O21Si14. The van der Waals surface area contributed by atoms with Gasteiger partial charge < -0.3 is 86.4 Å². The first-order valence-electron chi connectivity index (χ1n) is 17.6. The van der Waals surface area contributed by atoms with Crippen molar-refractivity contribution >= 4 is 124 Å². The average molecular weight is 1080 g/mol. The minimum absolute atomic E-state index is 1.23. The molecule has 12 unspecified atom stereocenters. The van der Waals surface area contributed by atoms with Crippen molar-refractivity contribution in [3.05, 3.63) is 160 Å². The highest BCUT2D eigenvalue weighted by molar-refractivity contribution is 7.08. The van der Waals surface area contributed by atoms with Crippen LogP contribution in [0, 0.1) is 0 Å². The molecular weight excluding hydrogens is 1040 g/mol. The maximum atomic E-state index is 7.00. The second-order valence-electron chi connectivity index (χ2n) is 12.9. The van der Waals surface area contributed by atoms with Crippen molar-refractivity contribution in [2.75, 3.05) is 0 Å². The first-order chi connectivity index (χ1) is 28.8. The summed E-state index contributed by atoms with van der Waals surface area (Å²) in [6.45, 7) is 52.7. The van der Waals surface area contributed by atoms with Crippen LogP contribution in [-0.4, -0.2) is 124 Å². The summed E-state index contributed by atoms with van der Waals surface area (Å²) in [5, 5.41) is 0. The normalized spacial score (nSPS) is 52.2. The van der Waals surface area contributed by atoms with E-state index < -0.39 is 124 Å². The lowest BCUT2D eigenvalue weighted by Crippen LogP contribution is -2.86. The second kappa shape index (κ2) is 15.2. The van der Waals surface area contributed by atoms with Crippen LogP contribution in [0.4, 0.5) is 0 Å². The Labute approximate surface area is 367 Å². The average Bonchev–Trinajstić information content (AvgIpc) is 3.21. The molecule has 7 rings (SSSR count). The van der Waals surface area contributed by atoms with E-state index in [2.05, 4.69) is 85.5 Å². The van der Waals surface area contributed by atoms with E-state index in [9.17, 15) is 0 Å². The minimum Gasteiger partial charge on any atom is -0.368 e. The van der Waals surface area contributed by atoms with Crippen LogP contribution in [0.2, 0.25) is 0 Å². The van der Waals surface area contributed by atoms with Gasteiger partial charge in [-0.25, -0.2) is 0 Å². The Balaban J connectivity index is 1.59. The van der Waals surface area contributed by atoms with Gasteiger partial charge in [-0.2, -0.15) is 0 Å². The van der Waals surface area contributed by atoms with Gasteiger partial charge in [0.05, 0.1) is 0 Å². The van der Waals surface area contributed by atoms with E-state index in [1.165, 1.54) is 74.1 Å². The summed E-state index contributed by atoms with van der Waals surface area (Å²) in [6, 6.07) is 0. The van der Waals surface area contributed by atoms with Crippen LogP contribution in [0.1, 0.15) is 0 Å². The second-order valence-corrected chi connectivity index (χ2v) is 51.5. The van der Waals surface area contributed by atoms with Gasteiger partial charge in [0.2, 0.25) is 0 Å². The Morgan fingerprint density at radius 3 is 0.377 bits per heavy atom. The van der Waals surface area contributed by atoms with Crippen LogP contribution in [0.3, 0.4) is 0 Å². The summed E-state index contributed by atoms with van der Waals surface area (Å²) >= 11 is 0. The molecule has 0 aliphatic carbocycles. The molecule has 0 saturated carbocycles. The van der Waals surface area contributed by atoms with Crippen molar-refractivity contribution in [2.24, 2.45) is 0 Å². The van der Waals surface area contributed by atoms with Gasteiger partial charge in [-0.05, 0) is 74.1 Å². The van der Waals surface area contributed by atoms with Crippen molar-refractivity contribution in [1.29, 1.82) is 0 Å².